The van der Waals surface area contributed by atoms with Crippen LogP contribution in [0.4, 0.5) is 17.3 Å². The van der Waals surface area contributed by atoms with Crippen molar-refractivity contribution in [2.24, 2.45) is 0 Å². The third-order valence-electron chi connectivity index (χ3n) is 5.40. The lowest BCUT2D eigenvalue weighted by Gasteiger charge is -2.35. The Kier molecular flexibility index (Phi) is 6.23. The smallest absolute Gasteiger partial charge is 0.223 e. The third kappa shape index (κ3) is 5.14. The first-order valence-electron chi connectivity index (χ1n) is 10.4. The number of carbonyl (C=O) groups excluding carboxylic acids is 1. The van der Waals surface area contributed by atoms with Gasteiger partial charge in [0.1, 0.15) is 0 Å². The summed E-state index contributed by atoms with van der Waals surface area (Å²) < 4.78 is 0. The molecule has 4 rings (SSSR count). The number of aromatic nitrogens is 2. The van der Waals surface area contributed by atoms with Crippen molar-refractivity contribution >= 4 is 23.2 Å². The summed E-state index contributed by atoms with van der Waals surface area (Å²) in [6, 6.07) is 22.3. The van der Waals surface area contributed by atoms with E-state index in [4.69, 9.17) is 0 Å². The van der Waals surface area contributed by atoms with Crippen molar-refractivity contribution in [3.05, 3.63) is 77.9 Å². The van der Waals surface area contributed by atoms with Crippen molar-refractivity contribution in [1.82, 2.24) is 15.1 Å². The molecule has 1 N–H and O–H groups in total. The van der Waals surface area contributed by atoms with E-state index in [1.54, 1.807) is 0 Å². The van der Waals surface area contributed by atoms with Gasteiger partial charge in [0.15, 0.2) is 11.6 Å². The molecule has 2 heterocycles. The highest BCUT2D eigenvalue weighted by molar-refractivity contribution is 5.76. The number of hydrogen-bond donors (Lipinski definition) is 1. The Bertz CT molecular complexity index is 949. The topological polar surface area (TPSA) is 61.4 Å². The van der Waals surface area contributed by atoms with Crippen molar-refractivity contribution in [3.8, 4) is 0 Å². The zero-order valence-corrected chi connectivity index (χ0v) is 17.3. The number of nitrogens with one attached hydrogen (secondary N) is 1. The largest absolute Gasteiger partial charge is 0.352 e. The van der Waals surface area contributed by atoms with Crippen LogP contribution in [0.25, 0.3) is 0 Å². The summed E-state index contributed by atoms with van der Waals surface area (Å²) in [7, 11) is 0. The van der Waals surface area contributed by atoms with E-state index in [2.05, 4.69) is 51.6 Å². The van der Waals surface area contributed by atoms with Gasteiger partial charge in [-0.15, -0.1) is 10.2 Å². The Morgan fingerprint density at radius 3 is 2.30 bits per heavy atom. The molecule has 0 aliphatic carbocycles. The summed E-state index contributed by atoms with van der Waals surface area (Å²) in [5.74, 6) is 1.79. The number of carbonyl (C=O) groups is 1. The first-order chi connectivity index (χ1) is 14.7. The van der Waals surface area contributed by atoms with Gasteiger partial charge in [0.2, 0.25) is 5.91 Å². The standard InChI is InChI=1S/C24H27N5O/c1-19-7-10-21(11-8-19)25-22-12-13-23(27-26-22)28-15-17-29(18-16-28)24(30)14-9-20-5-3-2-4-6-20/h2-8,10-13H,9,14-18H2,1H3,(H,25,26). The van der Waals surface area contributed by atoms with E-state index in [1.165, 1.54) is 11.1 Å². The monoisotopic (exact) mass is 401 g/mol. The Balaban J connectivity index is 1.26. The minimum Gasteiger partial charge on any atom is -0.352 e. The summed E-state index contributed by atoms with van der Waals surface area (Å²) in [5, 5.41) is 11.9. The van der Waals surface area contributed by atoms with Gasteiger partial charge in [-0.1, -0.05) is 48.0 Å². The van der Waals surface area contributed by atoms with Crippen LogP contribution in [0.2, 0.25) is 0 Å². The van der Waals surface area contributed by atoms with Crippen molar-refractivity contribution in [2.45, 2.75) is 19.8 Å². The highest BCUT2D eigenvalue weighted by Crippen LogP contribution is 2.18. The van der Waals surface area contributed by atoms with Gasteiger partial charge in [-0.2, -0.15) is 0 Å². The number of anilines is 3. The fraction of sp³-hybridized carbons (Fsp3) is 0.292. The molecule has 6 nitrogen and oxygen atoms in total. The molecule has 0 spiro atoms. The van der Waals surface area contributed by atoms with Crippen LogP contribution in [0.15, 0.2) is 66.7 Å². The summed E-state index contributed by atoms with van der Waals surface area (Å²) in [6.45, 7) is 5.05. The van der Waals surface area contributed by atoms with E-state index >= 15 is 0 Å². The zero-order chi connectivity index (χ0) is 20.8. The van der Waals surface area contributed by atoms with E-state index in [-0.39, 0.29) is 5.91 Å². The molecule has 0 radical (unpaired) electrons. The van der Waals surface area contributed by atoms with Crippen LogP contribution in [0.3, 0.4) is 0 Å². The molecule has 2 aromatic carbocycles. The molecule has 1 saturated heterocycles. The number of hydrogen-bond acceptors (Lipinski definition) is 5. The fourth-order valence-corrected chi connectivity index (χ4v) is 3.58. The second kappa shape index (κ2) is 9.39. The van der Waals surface area contributed by atoms with Crippen LogP contribution >= 0.6 is 0 Å². The number of aryl methyl sites for hydroxylation is 2. The molecule has 0 atom stereocenters. The number of benzene rings is 2. The quantitative estimate of drug-likeness (QED) is 0.681. The summed E-state index contributed by atoms with van der Waals surface area (Å²) >= 11 is 0. The van der Waals surface area contributed by atoms with E-state index in [1.807, 2.05) is 47.4 Å². The molecular formula is C24H27N5O. The van der Waals surface area contributed by atoms with Crippen LogP contribution in [-0.2, 0) is 11.2 Å². The minimum atomic E-state index is 0.224. The molecule has 0 saturated carbocycles. The lowest BCUT2D eigenvalue weighted by atomic mass is 10.1. The normalized spacial score (nSPS) is 13.9. The Hall–Kier alpha value is -3.41. The Labute approximate surface area is 177 Å². The van der Waals surface area contributed by atoms with Gasteiger partial charge in [0.25, 0.3) is 0 Å². The molecule has 3 aromatic rings. The molecule has 1 aliphatic rings. The minimum absolute atomic E-state index is 0.224. The lowest BCUT2D eigenvalue weighted by Crippen LogP contribution is -2.49. The SMILES string of the molecule is Cc1ccc(Nc2ccc(N3CCN(C(=O)CCc4ccccc4)CC3)nn2)cc1. The van der Waals surface area contributed by atoms with Crippen LogP contribution < -0.4 is 10.2 Å². The molecule has 30 heavy (non-hydrogen) atoms. The first kappa shape index (κ1) is 19.9. The van der Waals surface area contributed by atoms with Gasteiger partial charge in [-0.25, -0.2) is 0 Å². The molecule has 6 heteroatoms. The third-order valence-corrected chi connectivity index (χ3v) is 5.40. The van der Waals surface area contributed by atoms with Crippen molar-refractivity contribution in [1.29, 1.82) is 0 Å². The summed E-state index contributed by atoms with van der Waals surface area (Å²) in [5.41, 5.74) is 3.42. The Morgan fingerprint density at radius 1 is 0.900 bits per heavy atom. The molecule has 1 fully saturated rings. The lowest BCUT2D eigenvalue weighted by molar-refractivity contribution is -0.131. The van der Waals surface area contributed by atoms with Gasteiger partial charge in [0, 0.05) is 38.3 Å². The molecule has 0 bridgehead atoms. The first-order valence-corrected chi connectivity index (χ1v) is 10.4. The molecule has 1 aromatic heterocycles. The maximum absolute atomic E-state index is 12.5. The molecule has 1 aliphatic heterocycles. The van der Waals surface area contributed by atoms with Gasteiger partial charge in [0.05, 0.1) is 0 Å². The van der Waals surface area contributed by atoms with Gasteiger partial charge >= 0.3 is 0 Å². The predicted molar refractivity (Wildman–Crippen MR) is 120 cm³/mol. The van der Waals surface area contributed by atoms with Crippen molar-refractivity contribution < 1.29 is 4.79 Å². The average Bonchev–Trinajstić information content (AvgIpc) is 2.80. The van der Waals surface area contributed by atoms with E-state index < -0.39 is 0 Å². The van der Waals surface area contributed by atoms with E-state index in [0.29, 0.717) is 6.42 Å². The highest BCUT2D eigenvalue weighted by atomic mass is 16.2. The molecule has 154 valence electrons. The van der Waals surface area contributed by atoms with Crippen molar-refractivity contribution in [3.63, 3.8) is 0 Å². The fourth-order valence-electron chi connectivity index (χ4n) is 3.58. The van der Waals surface area contributed by atoms with Crippen LogP contribution in [0.1, 0.15) is 17.5 Å². The van der Waals surface area contributed by atoms with Gasteiger partial charge in [-0.05, 0) is 43.2 Å². The maximum atomic E-state index is 12.5. The van der Waals surface area contributed by atoms with Gasteiger partial charge < -0.3 is 15.1 Å². The van der Waals surface area contributed by atoms with Crippen LogP contribution in [0.5, 0.6) is 0 Å². The van der Waals surface area contributed by atoms with Crippen molar-refractivity contribution in [2.75, 3.05) is 36.4 Å². The van der Waals surface area contributed by atoms with E-state index in [0.717, 1.165) is 49.9 Å². The highest BCUT2D eigenvalue weighted by Gasteiger charge is 2.21. The zero-order valence-electron chi connectivity index (χ0n) is 17.3. The number of rotatable bonds is 6. The molecule has 0 unspecified atom stereocenters. The molecular weight excluding hydrogens is 374 g/mol. The predicted octanol–water partition coefficient (Wildman–Crippen LogP) is 3.81. The number of piperazine rings is 1. The second-order valence-electron chi connectivity index (χ2n) is 7.62. The summed E-state index contributed by atoms with van der Waals surface area (Å²) in [4.78, 5) is 16.7. The number of amides is 1. The van der Waals surface area contributed by atoms with Crippen LogP contribution in [-0.4, -0.2) is 47.2 Å². The average molecular weight is 402 g/mol. The summed E-state index contributed by atoms with van der Waals surface area (Å²) in [6.07, 6.45) is 1.35. The van der Waals surface area contributed by atoms with E-state index in [9.17, 15) is 4.79 Å². The number of nitrogens with zero attached hydrogens (tertiary/aromatic N) is 4. The van der Waals surface area contributed by atoms with Crippen LogP contribution in [0, 0.1) is 6.92 Å². The maximum Gasteiger partial charge on any atom is 0.223 e. The van der Waals surface area contributed by atoms with Gasteiger partial charge in [-0.3, -0.25) is 4.79 Å². The second-order valence-corrected chi connectivity index (χ2v) is 7.62. The molecule has 1 amide bonds. The Morgan fingerprint density at radius 2 is 1.63 bits per heavy atom.